The molecule has 1 N–H and O–H groups in total. The van der Waals surface area contributed by atoms with Crippen molar-refractivity contribution < 1.29 is 31.1 Å². The fourth-order valence-electron chi connectivity index (χ4n) is 2.99. The number of nitrogens with zero attached hydrogens (tertiary/aromatic N) is 3. The number of nitrogens with one attached hydrogen (secondary N) is 1. The van der Waals surface area contributed by atoms with Crippen molar-refractivity contribution in [3.63, 3.8) is 0 Å². The predicted octanol–water partition coefficient (Wildman–Crippen LogP) is 4.05. The first-order chi connectivity index (χ1) is 15.8. The van der Waals surface area contributed by atoms with Gasteiger partial charge in [0.2, 0.25) is 10.0 Å². The van der Waals surface area contributed by atoms with Crippen molar-refractivity contribution in [2.75, 3.05) is 17.7 Å². The van der Waals surface area contributed by atoms with E-state index >= 15 is 0 Å². The van der Waals surface area contributed by atoms with Crippen LogP contribution in [0.15, 0.2) is 29.6 Å². The molecule has 34 heavy (non-hydrogen) atoms. The Morgan fingerprint density at radius 1 is 1.18 bits per heavy atom. The highest BCUT2D eigenvalue weighted by Crippen LogP contribution is 2.28. The Hall–Kier alpha value is -2.71. The number of aryl methyl sites for hydroxylation is 2. The molecule has 0 atom stereocenters. The van der Waals surface area contributed by atoms with Crippen molar-refractivity contribution in [2.24, 2.45) is 0 Å². The molecule has 2 aromatic heterocycles. The van der Waals surface area contributed by atoms with E-state index in [-0.39, 0.29) is 11.4 Å². The van der Waals surface area contributed by atoms with Gasteiger partial charge < -0.3 is 9.64 Å². The third-order valence-electron chi connectivity index (χ3n) is 4.40. The Morgan fingerprint density at radius 2 is 1.85 bits per heavy atom. The summed E-state index contributed by atoms with van der Waals surface area (Å²) in [6, 6.07) is 5.59. The molecule has 0 saturated carbocycles. The van der Waals surface area contributed by atoms with E-state index in [1.807, 2.05) is 21.9 Å². The zero-order valence-electron chi connectivity index (χ0n) is 18.3. The van der Waals surface area contributed by atoms with Crippen LogP contribution in [-0.4, -0.2) is 43.5 Å². The summed E-state index contributed by atoms with van der Waals surface area (Å²) in [7, 11) is -3.74. The van der Waals surface area contributed by atoms with Gasteiger partial charge in [-0.2, -0.15) is 0 Å². The lowest BCUT2D eigenvalue weighted by atomic mass is 10.1. The molecule has 0 aliphatic heterocycles. The first-order valence-corrected chi connectivity index (χ1v) is 13.4. The number of sulfonamides is 1. The van der Waals surface area contributed by atoms with Crippen LogP contribution in [-0.2, 0) is 23.0 Å². The van der Waals surface area contributed by atoms with Crippen LogP contribution in [0, 0.1) is 13.8 Å². The number of amides is 1. The molecule has 8 nitrogen and oxygen atoms in total. The molecular weight excluding hydrogens is 513 g/mol. The zero-order valence-corrected chi connectivity index (χ0v) is 20.8. The smallest absolute Gasteiger partial charge is 0.406 e. The molecule has 0 radical (unpaired) electrons. The van der Waals surface area contributed by atoms with Gasteiger partial charge >= 0.3 is 6.36 Å². The maximum atomic E-state index is 12.4. The first kappa shape index (κ1) is 25.9. The number of alkyl halides is 3. The van der Waals surface area contributed by atoms with E-state index < -0.39 is 22.3 Å². The summed E-state index contributed by atoms with van der Waals surface area (Å²) in [5.41, 5.74) is 1.59. The van der Waals surface area contributed by atoms with Crippen molar-refractivity contribution >= 4 is 43.7 Å². The number of carbonyl (C=O) groups excluding carboxylic acids is 1. The minimum Gasteiger partial charge on any atom is -0.406 e. The highest BCUT2D eigenvalue weighted by Gasteiger charge is 2.31. The summed E-state index contributed by atoms with van der Waals surface area (Å²) >= 11 is 2.73. The summed E-state index contributed by atoms with van der Waals surface area (Å²) in [4.78, 5) is 23.6. The summed E-state index contributed by atoms with van der Waals surface area (Å²) in [6.07, 6.45) is -3.40. The molecule has 0 unspecified atom stereocenters. The zero-order chi connectivity index (χ0) is 25.1. The largest absolute Gasteiger partial charge is 0.573 e. The lowest BCUT2D eigenvalue weighted by Gasteiger charge is -2.21. The molecule has 0 bridgehead atoms. The van der Waals surface area contributed by atoms with Gasteiger partial charge in [-0.25, -0.2) is 23.1 Å². The third-order valence-corrected chi connectivity index (χ3v) is 6.81. The van der Waals surface area contributed by atoms with E-state index in [4.69, 9.17) is 0 Å². The molecule has 184 valence electrons. The second-order valence-electron chi connectivity index (χ2n) is 7.33. The summed E-state index contributed by atoms with van der Waals surface area (Å²) in [5.74, 6) is -1.12. The number of rotatable bonds is 9. The Balaban J connectivity index is 1.79. The van der Waals surface area contributed by atoms with E-state index in [1.54, 1.807) is 19.1 Å². The summed E-state index contributed by atoms with van der Waals surface area (Å²) in [5, 5.41) is 3.29. The molecule has 14 heteroatoms. The van der Waals surface area contributed by atoms with Crippen LogP contribution in [0.5, 0.6) is 5.75 Å². The summed E-state index contributed by atoms with van der Waals surface area (Å²) < 4.78 is 65.8. The second-order valence-corrected chi connectivity index (χ2v) is 11.3. The maximum Gasteiger partial charge on any atom is 0.573 e. The normalized spacial score (nSPS) is 11.9. The molecule has 1 amide bonds. The minimum absolute atomic E-state index is 0.0125. The molecule has 0 fully saturated rings. The van der Waals surface area contributed by atoms with Crippen molar-refractivity contribution in [3.8, 4) is 5.75 Å². The molecule has 0 aliphatic rings. The maximum absolute atomic E-state index is 12.4. The number of hydrogen-bond acceptors (Lipinski definition) is 9. The monoisotopic (exact) mass is 534 g/mol. The standard InChI is InChI=1S/C20H21F3N4O4S3/c1-12-17(18(28)26-34(3,29)30)25-19(33-12)27(10-15-11-32-13(2)24-15)9-8-14-4-6-16(7-5-14)31-20(21,22)23/h4-7,11H,8-10H2,1-3H3,(H,26,28). The molecule has 3 rings (SSSR count). The number of aromatic nitrogens is 2. The number of anilines is 1. The topological polar surface area (TPSA) is 101 Å². The van der Waals surface area contributed by atoms with Gasteiger partial charge in [0.1, 0.15) is 11.4 Å². The van der Waals surface area contributed by atoms with Gasteiger partial charge in [-0.05, 0) is 38.0 Å². The minimum atomic E-state index is -4.76. The number of hydrogen-bond donors (Lipinski definition) is 1. The highest BCUT2D eigenvalue weighted by molar-refractivity contribution is 7.89. The van der Waals surface area contributed by atoms with Crippen LogP contribution >= 0.6 is 22.7 Å². The lowest BCUT2D eigenvalue weighted by molar-refractivity contribution is -0.274. The van der Waals surface area contributed by atoms with Crippen molar-refractivity contribution in [3.05, 3.63) is 56.5 Å². The molecule has 0 spiro atoms. The van der Waals surface area contributed by atoms with Gasteiger partial charge in [0.25, 0.3) is 5.91 Å². The second kappa shape index (κ2) is 10.3. The van der Waals surface area contributed by atoms with Crippen molar-refractivity contribution in [1.82, 2.24) is 14.7 Å². The van der Waals surface area contributed by atoms with Crippen molar-refractivity contribution in [2.45, 2.75) is 33.2 Å². The number of benzene rings is 1. The Labute approximate surface area is 202 Å². The SMILES string of the molecule is Cc1nc(CN(CCc2ccc(OC(F)(F)F)cc2)c2nc(C(=O)NS(C)(=O)=O)c(C)s2)cs1. The number of ether oxygens (including phenoxy) is 1. The fourth-order valence-corrected chi connectivity index (χ4v) is 4.95. The van der Waals surface area contributed by atoms with Crippen LogP contribution in [0.1, 0.15) is 31.6 Å². The van der Waals surface area contributed by atoms with Crippen LogP contribution in [0.25, 0.3) is 0 Å². The summed E-state index contributed by atoms with van der Waals surface area (Å²) in [6.45, 7) is 4.36. The Bertz CT molecular complexity index is 1250. The van der Waals surface area contributed by atoms with Gasteiger partial charge in [0.15, 0.2) is 5.13 Å². The number of carbonyl (C=O) groups is 1. The van der Waals surface area contributed by atoms with E-state index in [1.165, 1.54) is 34.8 Å². The number of halogens is 3. The molecule has 2 heterocycles. The van der Waals surface area contributed by atoms with E-state index in [9.17, 15) is 26.4 Å². The van der Waals surface area contributed by atoms with Crippen LogP contribution in [0.3, 0.4) is 0 Å². The molecule has 3 aromatic rings. The van der Waals surface area contributed by atoms with E-state index in [0.29, 0.717) is 29.5 Å². The van der Waals surface area contributed by atoms with E-state index in [0.717, 1.165) is 22.5 Å². The van der Waals surface area contributed by atoms with Gasteiger partial charge in [-0.1, -0.05) is 12.1 Å². The first-order valence-electron chi connectivity index (χ1n) is 9.79. The van der Waals surface area contributed by atoms with Crippen LogP contribution < -0.4 is 14.4 Å². The average Bonchev–Trinajstić information content (AvgIpc) is 3.29. The third kappa shape index (κ3) is 7.67. The molecular formula is C20H21F3N4O4S3. The quantitative estimate of drug-likeness (QED) is 0.442. The van der Waals surface area contributed by atoms with Gasteiger partial charge in [0, 0.05) is 16.8 Å². The molecule has 0 aliphatic carbocycles. The van der Waals surface area contributed by atoms with Crippen LogP contribution in [0.2, 0.25) is 0 Å². The highest BCUT2D eigenvalue weighted by atomic mass is 32.2. The van der Waals surface area contributed by atoms with Gasteiger partial charge in [-0.15, -0.1) is 35.8 Å². The van der Waals surface area contributed by atoms with Crippen LogP contribution in [0.4, 0.5) is 18.3 Å². The van der Waals surface area contributed by atoms with E-state index in [2.05, 4.69) is 14.7 Å². The van der Waals surface area contributed by atoms with Crippen molar-refractivity contribution in [1.29, 1.82) is 0 Å². The van der Waals surface area contributed by atoms with Gasteiger partial charge in [0.05, 0.1) is 23.5 Å². The fraction of sp³-hybridized carbons (Fsp3) is 0.350. The Kier molecular flexibility index (Phi) is 7.83. The lowest BCUT2D eigenvalue weighted by Crippen LogP contribution is -2.30. The predicted molar refractivity (Wildman–Crippen MR) is 124 cm³/mol. The van der Waals surface area contributed by atoms with Gasteiger partial charge in [-0.3, -0.25) is 4.79 Å². The number of thiazole rings is 2. The molecule has 1 aromatic carbocycles. The molecule has 0 saturated heterocycles. The Morgan fingerprint density at radius 3 is 2.41 bits per heavy atom. The average molecular weight is 535 g/mol.